The van der Waals surface area contributed by atoms with Gasteiger partial charge in [-0.1, -0.05) is 52.4 Å². The molecule has 5 heteroatoms. The van der Waals surface area contributed by atoms with Gasteiger partial charge in [0.1, 0.15) is 0 Å². The van der Waals surface area contributed by atoms with Crippen molar-refractivity contribution in [1.29, 1.82) is 0 Å². The SMILES string of the molecule is CCCN1CCC(N)CC1.CCN(C)CC1CCCCC1.CN(C)CCCNC1CCCCC1. The van der Waals surface area contributed by atoms with E-state index in [1.54, 1.807) is 0 Å². The maximum atomic E-state index is 5.77. The molecule has 0 unspecified atom stereocenters. The molecule has 0 radical (unpaired) electrons. The number of likely N-dealkylation sites (tertiary alicyclic amines) is 1. The largest absolute Gasteiger partial charge is 0.328 e. The van der Waals surface area contributed by atoms with E-state index in [4.69, 9.17) is 5.73 Å². The summed E-state index contributed by atoms with van der Waals surface area (Å²) in [4.78, 5) is 7.20. The van der Waals surface area contributed by atoms with Gasteiger partial charge in [-0.25, -0.2) is 0 Å². The van der Waals surface area contributed by atoms with Gasteiger partial charge in [-0.3, -0.25) is 0 Å². The molecular formula is C29H63N5. The van der Waals surface area contributed by atoms with Crippen LogP contribution < -0.4 is 11.1 Å². The quantitative estimate of drug-likeness (QED) is 0.420. The van der Waals surface area contributed by atoms with Crippen molar-refractivity contribution < 1.29 is 0 Å². The molecule has 3 fully saturated rings. The maximum Gasteiger partial charge on any atom is 0.00670 e. The van der Waals surface area contributed by atoms with Crippen molar-refractivity contribution in [3.05, 3.63) is 0 Å². The van der Waals surface area contributed by atoms with Gasteiger partial charge in [0.05, 0.1) is 0 Å². The molecule has 0 atom stereocenters. The Morgan fingerprint density at radius 3 is 1.94 bits per heavy atom. The second kappa shape index (κ2) is 20.9. The minimum Gasteiger partial charge on any atom is -0.328 e. The summed E-state index contributed by atoms with van der Waals surface area (Å²) < 4.78 is 0. The van der Waals surface area contributed by atoms with E-state index in [0.717, 1.165) is 12.0 Å². The van der Waals surface area contributed by atoms with E-state index in [-0.39, 0.29) is 0 Å². The van der Waals surface area contributed by atoms with Crippen molar-refractivity contribution in [2.24, 2.45) is 11.7 Å². The van der Waals surface area contributed by atoms with Crippen molar-refractivity contribution in [3.63, 3.8) is 0 Å². The van der Waals surface area contributed by atoms with Crippen molar-refractivity contribution in [2.45, 2.75) is 116 Å². The second-order valence-corrected chi connectivity index (χ2v) is 11.5. The van der Waals surface area contributed by atoms with E-state index in [9.17, 15) is 0 Å². The lowest BCUT2D eigenvalue weighted by atomic mass is 9.89. The first-order valence-corrected chi connectivity index (χ1v) is 15.0. The monoisotopic (exact) mass is 482 g/mol. The van der Waals surface area contributed by atoms with E-state index in [0.29, 0.717) is 6.04 Å². The summed E-state index contributed by atoms with van der Waals surface area (Å²) in [6, 6.07) is 1.31. The fourth-order valence-corrected chi connectivity index (χ4v) is 5.44. The number of hydrogen-bond acceptors (Lipinski definition) is 5. The summed E-state index contributed by atoms with van der Waals surface area (Å²) in [5.41, 5.74) is 5.77. The lowest BCUT2D eigenvalue weighted by molar-refractivity contribution is 0.214. The molecule has 3 N–H and O–H groups in total. The third-order valence-electron chi connectivity index (χ3n) is 7.83. The molecule has 2 saturated carbocycles. The van der Waals surface area contributed by atoms with Crippen LogP contribution in [0.4, 0.5) is 0 Å². The Bertz CT molecular complexity index is 424. The predicted molar refractivity (Wildman–Crippen MR) is 152 cm³/mol. The Morgan fingerprint density at radius 2 is 1.41 bits per heavy atom. The van der Waals surface area contributed by atoms with Gasteiger partial charge < -0.3 is 25.8 Å². The molecule has 3 rings (SSSR count). The van der Waals surface area contributed by atoms with Crippen LogP contribution in [0.1, 0.15) is 104 Å². The molecule has 0 aromatic carbocycles. The Hall–Kier alpha value is -0.200. The minimum atomic E-state index is 0.480. The van der Waals surface area contributed by atoms with Gasteiger partial charge in [-0.2, -0.15) is 0 Å². The van der Waals surface area contributed by atoms with Crippen molar-refractivity contribution in [2.75, 3.05) is 67.0 Å². The summed E-state index contributed by atoms with van der Waals surface area (Å²) in [5, 5.41) is 3.65. The predicted octanol–water partition coefficient (Wildman–Crippen LogP) is 5.20. The number of nitrogens with one attached hydrogen (secondary N) is 1. The number of rotatable bonds is 10. The summed E-state index contributed by atoms with van der Waals surface area (Å²) >= 11 is 0. The van der Waals surface area contributed by atoms with Gasteiger partial charge in [-0.15, -0.1) is 0 Å². The summed E-state index contributed by atoms with van der Waals surface area (Å²) in [6.07, 6.45) is 19.5. The second-order valence-electron chi connectivity index (χ2n) is 11.5. The van der Waals surface area contributed by atoms with Crippen LogP contribution in [0.3, 0.4) is 0 Å². The zero-order valence-electron chi connectivity index (χ0n) is 24.0. The van der Waals surface area contributed by atoms with Crippen LogP contribution >= 0.6 is 0 Å². The van der Waals surface area contributed by atoms with E-state index < -0.39 is 0 Å². The summed E-state index contributed by atoms with van der Waals surface area (Å²) in [7, 11) is 6.51. The molecule has 5 nitrogen and oxygen atoms in total. The molecule has 1 heterocycles. The third-order valence-corrected chi connectivity index (χ3v) is 7.83. The first kappa shape index (κ1) is 31.8. The Balaban J connectivity index is 0.000000257. The molecule has 0 spiro atoms. The average molecular weight is 482 g/mol. The van der Waals surface area contributed by atoms with E-state index >= 15 is 0 Å². The van der Waals surface area contributed by atoms with Crippen LogP contribution in [0.5, 0.6) is 0 Å². The van der Waals surface area contributed by atoms with Crippen LogP contribution in [0.2, 0.25) is 0 Å². The van der Waals surface area contributed by atoms with Gasteiger partial charge in [0.25, 0.3) is 0 Å². The third kappa shape index (κ3) is 17.3. The van der Waals surface area contributed by atoms with Crippen molar-refractivity contribution in [1.82, 2.24) is 20.0 Å². The van der Waals surface area contributed by atoms with Crippen LogP contribution in [-0.2, 0) is 0 Å². The molecule has 1 saturated heterocycles. The normalized spacial score (nSPS) is 21.2. The summed E-state index contributed by atoms with van der Waals surface area (Å²) in [5.74, 6) is 1.01. The van der Waals surface area contributed by atoms with Crippen molar-refractivity contribution >= 4 is 0 Å². The fraction of sp³-hybridized carbons (Fsp3) is 1.00. The maximum absolute atomic E-state index is 5.77. The highest BCUT2D eigenvalue weighted by atomic mass is 15.1. The standard InChI is InChI=1S/C11H24N2.C10H21N.C8H18N2/c1-13(2)10-6-9-12-11-7-4-3-5-8-11;1-3-11(2)9-10-7-5-4-6-8-10;1-2-5-10-6-3-8(9)4-7-10/h11-12H,3-10H2,1-2H3;10H,3-9H2,1-2H3;8H,2-7,9H2,1H3. The van der Waals surface area contributed by atoms with Gasteiger partial charge in [0.2, 0.25) is 0 Å². The first-order chi connectivity index (χ1) is 16.4. The number of piperidine rings is 1. The number of nitrogens with zero attached hydrogens (tertiary/aromatic N) is 3. The van der Waals surface area contributed by atoms with Crippen LogP contribution in [0.15, 0.2) is 0 Å². The number of hydrogen-bond donors (Lipinski definition) is 2. The highest BCUT2D eigenvalue weighted by Gasteiger charge is 2.15. The molecule has 0 aromatic rings. The van der Waals surface area contributed by atoms with Crippen molar-refractivity contribution in [3.8, 4) is 0 Å². The Labute approximate surface area is 214 Å². The van der Waals surface area contributed by atoms with Gasteiger partial charge in [-0.05, 0) is 118 Å². The summed E-state index contributed by atoms with van der Waals surface area (Å²) in [6.45, 7) is 13.1. The number of nitrogens with two attached hydrogens (primary N) is 1. The van der Waals surface area contributed by atoms with Gasteiger partial charge in [0, 0.05) is 18.6 Å². The van der Waals surface area contributed by atoms with E-state index in [1.807, 2.05) is 0 Å². The van der Waals surface area contributed by atoms with Gasteiger partial charge >= 0.3 is 0 Å². The molecule has 34 heavy (non-hydrogen) atoms. The molecule has 0 bridgehead atoms. The van der Waals surface area contributed by atoms with Crippen LogP contribution in [0, 0.1) is 5.92 Å². The smallest absolute Gasteiger partial charge is 0.00670 e. The molecule has 0 amide bonds. The molecule has 0 aromatic heterocycles. The highest BCUT2D eigenvalue weighted by molar-refractivity contribution is 4.73. The fourth-order valence-electron chi connectivity index (χ4n) is 5.44. The highest BCUT2D eigenvalue weighted by Crippen LogP contribution is 2.23. The Morgan fingerprint density at radius 1 is 0.824 bits per heavy atom. The lowest BCUT2D eigenvalue weighted by Gasteiger charge is -2.29. The van der Waals surface area contributed by atoms with E-state index in [2.05, 4.69) is 55.0 Å². The van der Waals surface area contributed by atoms with Gasteiger partial charge in [0.15, 0.2) is 0 Å². The van der Waals surface area contributed by atoms with Crippen LogP contribution in [0.25, 0.3) is 0 Å². The average Bonchev–Trinajstić information content (AvgIpc) is 2.85. The minimum absolute atomic E-state index is 0.480. The molecular weight excluding hydrogens is 418 g/mol. The first-order valence-electron chi connectivity index (χ1n) is 15.0. The van der Waals surface area contributed by atoms with Crippen LogP contribution in [-0.4, -0.2) is 93.7 Å². The molecule has 204 valence electrons. The topological polar surface area (TPSA) is 47.8 Å². The molecule has 3 aliphatic rings. The zero-order chi connectivity index (χ0) is 25.0. The Kier molecular flexibility index (Phi) is 19.6. The molecule has 1 aliphatic heterocycles. The zero-order valence-corrected chi connectivity index (χ0v) is 24.0. The molecule has 2 aliphatic carbocycles. The van der Waals surface area contributed by atoms with E-state index in [1.165, 1.54) is 136 Å². The lowest BCUT2D eigenvalue weighted by Crippen LogP contribution is -2.39.